The zero-order chi connectivity index (χ0) is 12.8. The van der Waals surface area contributed by atoms with Crippen molar-refractivity contribution in [3.63, 3.8) is 0 Å². The fourth-order valence-corrected chi connectivity index (χ4v) is 1.34. The van der Waals surface area contributed by atoms with Gasteiger partial charge in [0.2, 0.25) is 0 Å². The predicted molar refractivity (Wildman–Crippen MR) is 65.9 cm³/mol. The van der Waals surface area contributed by atoms with Gasteiger partial charge in [-0.3, -0.25) is 4.90 Å². The Kier molecular flexibility index (Phi) is 12.9. The van der Waals surface area contributed by atoms with Crippen LogP contribution < -0.4 is 0 Å². The lowest BCUT2D eigenvalue weighted by molar-refractivity contribution is 0.0202. The molecule has 0 spiro atoms. The van der Waals surface area contributed by atoms with Gasteiger partial charge < -0.3 is 14.2 Å². The van der Waals surface area contributed by atoms with E-state index in [1.807, 2.05) is 0 Å². The molecule has 5 nitrogen and oxygen atoms in total. The Labute approximate surface area is 104 Å². The van der Waals surface area contributed by atoms with Gasteiger partial charge in [0.05, 0.1) is 45.6 Å². The molecular weight excluding hydrogens is 220 g/mol. The molecule has 17 heavy (non-hydrogen) atoms. The van der Waals surface area contributed by atoms with Crippen molar-refractivity contribution >= 4 is 0 Å². The molecule has 0 saturated heterocycles. The van der Waals surface area contributed by atoms with E-state index in [2.05, 4.69) is 17.9 Å². The lowest BCUT2D eigenvalue weighted by Crippen LogP contribution is -2.29. The lowest BCUT2D eigenvalue weighted by Gasteiger charge is -2.17. The highest BCUT2D eigenvalue weighted by Gasteiger charge is 2.01. The average molecular weight is 244 g/mol. The minimum absolute atomic E-state index is 0.474. The molecule has 0 atom stereocenters. The summed E-state index contributed by atoms with van der Waals surface area (Å²) in [5, 5.41) is 8.62. The van der Waals surface area contributed by atoms with Gasteiger partial charge in [-0.1, -0.05) is 6.92 Å². The van der Waals surface area contributed by atoms with Crippen LogP contribution in [0, 0.1) is 11.3 Å². The van der Waals surface area contributed by atoms with Crippen LogP contribution in [0.2, 0.25) is 0 Å². The van der Waals surface area contributed by atoms with Gasteiger partial charge in [-0.15, -0.1) is 0 Å². The fourth-order valence-electron chi connectivity index (χ4n) is 1.34. The van der Waals surface area contributed by atoms with E-state index in [0.717, 1.165) is 19.5 Å². The van der Waals surface area contributed by atoms with Gasteiger partial charge in [-0.25, -0.2) is 0 Å². The molecule has 0 N–H and O–H groups in total. The van der Waals surface area contributed by atoms with Crippen LogP contribution in [0.4, 0.5) is 0 Å². The van der Waals surface area contributed by atoms with Crippen LogP contribution in [0.1, 0.15) is 13.3 Å². The monoisotopic (exact) mass is 244 g/mol. The highest BCUT2D eigenvalue weighted by atomic mass is 16.5. The molecule has 0 aromatic rings. The maximum atomic E-state index is 8.62. The van der Waals surface area contributed by atoms with Crippen molar-refractivity contribution in [1.82, 2.24) is 4.90 Å². The van der Waals surface area contributed by atoms with Crippen LogP contribution in [0.15, 0.2) is 0 Å². The normalized spacial score (nSPS) is 10.7. The topological polar surface area (TPSA) is 54.7 Å². The van der Waals surface area contributed by atoms with E-state index >= 15 is 0 Å². The van der Waals surface area contributed by atoms with Gasteiger partial charge >= 0.3 is 0 Å². The Morgan fingerprint density at radius 2 is 1.65 bits per heavy atom. The first-order chi connectivity index (χ1) is 8.35. The molecule has 0 aliphatic carbocycles. The summed E-state index contributed by atoms with van der Waals surface area (Å²) in [6, 6.07) is 2.16. The predicted octanol–water partition coefficient (Wildman–Crippen LogP) is 0.902. The van der Waals surface area contributed by atoms with Crippen molar-refractivity contribution in [1.29, 1.82) is 5.26 Å². The number of rotatable bonds is 12. The van der Waals surface area contributed by atoms with Crippen LogP contribution in [-0.2, 0) is 14.2 Å². The molecule has 0 radical (unpaired) electrons. The summed E-state index contributed by atoms with van der Waals surface area (Å²) >= 11 is 0. The lowest BCUT2D eigenvalue weighted by atomic mass is 10.4. The molecule has 0 aliphatic heterocycles. The summed E-state index contributed by atoms with van der Waals surface area (Å²) in [6.45, 7) is 7.39. The number of methoxy groups -OCH3 is 1. The number of hydrogen-bond acceptors (Lipinski definition) is 5. The molecule has 5 heteroatoms. The SMILES string of the molecule is CCCN(CC#N)CCOCCOCCOC. The summed E-state index contributed by atoms with van der Waals surface area (Å²) in [7, 11) is 1.65. The summed E-state index contributed by atoms with van der Waals surface area (Å²) in [5.74, 6) is 0. The molecule has 100 valence electrons. The summed E-state index contributed by atoms with van der Waals surface area (Å²) in [5.41, 5.74) is 0. The third-order valence-corrected chi connectivity index (χ3v) is 2.19. The van der Waals surface area contributed by atoms with Gasteiger partial charge in [-0.2, -0.15) is 5.26 Å². The largest absolute Gasteiger partial charge is 0.382 e. The van der Waals surface area contributed by atoms with Crippen molar-refractivity contribution in [2.45, 2.75) is 13.3 Å². The molecule has 0 aromatic heterocycles. The third-order valence-electron chi connectivity index (χ3n) is 2.19. The molecule has 0 saturated carbocycles. The maximum absolute atomic E-state index is 8.62. The molecule has 0 rings (SSSR count). The van der Waals surface area contributed by atoms with E-state index in [1.165, 1.54) is 0 Å². The van der Waals surface area contributed by atoms with Crippen LogP contribution in [0.25, 0.3) is 0 Å². The second kappa shape index (κ2) is 13.4. The Morgan fingerprint density at radius 1 is 1.00 bits per heavy atom. The van der Waals surface area contributed by atoms with Gasteiger partial charge in [0.25, 0.3) is 0 Å². The quantitative estimate of drug-likeness (QED) is 0.377. The average Bonchev–Trinajstić information content (AvgIpc) is 2.33. The van der Waals surface area contributed by atoms with Crippen LogP contribution in [-0.4, -0.2) is 64.7 Å². The summed E-state index contributed by atoms with van der Waals surface area (Å²) < 4.78 is 15.5. The summed E-state index contributed by atoms with van der Waals surface area (Å²) in [4.78, 5) is 2.09. The molecule has 0 fully saturated rings. The Balaban J connectivity index is 3.27. The van der Waals surface area contributed by atoms with E-state index in [0.29, 0.717) is 39.6 Å². The van der Waals surface area contributed by atoms with Gasteiger partial charge in [-0.05, 0) is 13.0 Å². The second-order valence-electron chi connectivity index (χ2n) is 3.65. The summed E-state index contributed by atoms with van der Waals surface area (Å²) in [6.07, 6.45) is 1.06. The zero-order valence-electron chi connectivity index (χ0n) is 11.0. The first-order valence-corrected chi connectivity index (χ1v) is 6.08. The van der Waals surface area contributed by atoms with E-state index < -0.39 is 0 Å². The minimum atomic E-state index is 0.474. The van der Waals surface area contributed by atoms with E-state index in [-0.39, 0.29) is 0 Å². The van der Waals surface area contributed by atoms with E-state index in [9.17, 15) is 0 Å². The first-order valence-electron chi connectivity index (χ1n) is 6.08. The number of ether oxygens (including phenoxy) is 3. The highest BCUT2D eigenvalue weighted by molar-refractivity contribution is 4.75. The Hall–Kier alpha value is -0.670. The van der Waals surface area contributed by atoms with Gasteiger partial charge in [0.1, 0.15) is 0 Å². The van der Waals surface area contributed by atoms with Crippen LogP contribution in [0.3, 0.4) is 0 Å². The van der Waals surface area contributed by atoms with Gasteiger partial charge in [0.15, 0.2) is 0 Å². The number of hydrogen-bond donors (Lipinski definition) is 0. The molecule has 0 aromatic carbocycles. The van der Waals surface area contributed by atoms with Crippen LogP contribution >= 0.6 is 0 Å². The van der Waals surface area contributed by atoms with Crippen molar-refractivity contribution in [3.05, 3.63) is 0 Å². The molecule has 0 heterocycles. The third kappa shape index (κ3) is 11.6. The van der Waals surface area contributed by atoms with Gasteiger partial charge in [0, 0.05) is 13.7 Å². The van der Waals surface area contributed by atoms with E-state index in [4.69, 9.17) is 19.5 Å². The Bertz CT molecular complexity index is 195. The van der Waals surface area contributed by atoms with Crippen molar-refractivity contribution < 1.29 is 14.2 Å². The molecule has 0 unspecified atom stereocenters. The first kappa shape index (κ1) is 16.3. The highest BCUT2D eigenvalue weighted by Crippen LogP contribution is 1.91. The molecule has 0 bridgehead atoms. The molecule has 0 amide bonds. The molecular formula is C12H24N2O3. The minimum Gasteiger partial charge on any atom is -0.382 e. The standard InChI is InChI=1S/C12H24N2O3/c1-3-5-14(6-4-13)7-8-16-11-12-17-10-9-15-2/h3,5-12H2,1-2H3. The van der Waals surface area contributed by atoms with Crippen molar-refractivity contribution in [2.24, 2.45) is 0 Å². The van der Waals surface area contributed by atoms with E-state index in [1.54, 1.807) is 7.11 Å². The fraction of sp³-hybridized carbons (Fsp3) is 0.917. The second-order valence-corrected chi connectivity index (χ2v) is 3.65. The van der Waals surface area contributed by atoms with Crippen molar-refractivity contribution in [3.8, 4) is 6.07 Å². The molecule has 0 aliphatic rings. The number of nitrogens with zero attached hydrogens (tertiary/aromatic N) is 2. The van der Waals surface area contributed by atoms with Crippen molar-refractivity contribution in [2.75, 3.05) is 59.8 Å². The maximum Gasteiger partial charge on any atom is 0.0866 e. The smallest absolute Gasteiger partial charge is 0.0866 e. The van der Waals surface area contributed by atoms with Crippen LogP contribution in [0.5, 0.6) is 0 Å². The number of nitriles is 1. The Morgan fingerprint density at radius 3 is 2.24 bits per heavy atom. The zero-order valence-corrected chi connectivity index (χ0v) is 11.0.